The molecule has 6 heteroatoms. The zero-order valence-electron chi connectivity index (χ0n) is 15.1. The fourth-order valence-corrected chi connectivity index (χ4v) is 4.14. The maximum Gasteiger partial charge on any atom is 0.303 e. The average Bonchev–Trinajstić information content (AvgIpc) is 2.95. The van der Waals surface area contributed by atoms with Crippen LogP contribution in [0.5, 0.6) is 0 Å². The Labute approximate surface area is 169 Å². The fourth-order valence-electron chi connectivity index (χ4n) is 3.56. The molecule has 4 nitrogen and oxygen atoms in total. The molecular formula is C21H24Cl2O4. The molecule has 1 fully saturated rings. The van der Waals surface area contributed by atoms with E-state index in [-0.39, 0.29) is 35.4 Å². The lowest BCUT2D eigenvalue weighted by Crippen LogP contribution is -2.13. The molecule has 0 aromatic heterocycles. The van der Waals surface area contributed by atoms with Crippen molar-refractivity contribution >= 4 is 40.7 Å². The van der Waals surface area contributed by atoms with Crippen LogP contribution in [0.25, 0.3) is 0 Å². The van der Waals surface area contributed by atoms with Crippen LogP contribution in [0.2, 0.25) is 10.0 Å². The number of halogens is 2. The summed E-state index contributed by atoms with van der Waals surface area (Å²) < 4.78 is 0. The van der Waals surface area contributed by atoms with Crippen LogP contribution in [-0.2, 0) is 9.59 Å². The minimum absolute atomic E-state index is 0.0572. The molecule has 0 saturated heterocycles. The summed E-state index contributed by atoms with van der Waals surface area (Å²) in [6.45, 7) is 0. The van der Waals surface area contributed by atoms with E-state index < -0.39 is 5.97 Å². The van der Waals surface area contributed by atoms with E-state index in [1.165, 1.54) is 6.08 Å². The Morgan fingerprint density at radius 3 is 2.44 bits per heavy atom. The molecule has 1 aliphatic rings. The van der Waals surface area contributed by atoms with Crippen LogP contribution in [-0.4, -0.2) is 22.6 Å². The zero-order valence-corrected chi connectivity index (χ0v) is 16.6. The first-order chi connectivity index (χ1) is 12.9. The molecule has 2 atom stereocenters. The number of hydrogen-bond donors (Lipinski definition) is 1. The highest BCUT2D eigenvalue weighted by Gasteiger charge is 2.32. The SMILES string of the molecule is O=C(O)CCCCCCC1C(=O)CCC1C=CC(=O)c1c(Cl)cccc1Cl. The van der Waals surface area contributed by atoms with Gasteiger partial charge in [-0.2, -0.15) is 0 Å². The maximum atomic E-state index is 12.4. The summed E-state index contributed by atoms with van der Waals surface area (Å²) in [5, 5.41) is 9.27. The average molecular weight is 411 g/mol. The number of benzene rings is 1. The van der Waals surface area contributed by atoms with Gasteiger partial charge in [0.15, 0.2) is 5.78 Å². The van der Waals surface area contributed by atoms with Crippen LogP contribution in [0, 0.1) is 11.8 Å². The Hall–Kier alpha value is -1.65. The molecule has 1 aromatic rings. The predicted octanol–water partition coefficient (Wildman–Crippen LogP) is 5.75. The van der Waals surface area contributed by atoms with E-state index in [4.69, 9.17) is 28.3 Å². The molecule has 1 N–H and O–H groups in total. The summed E-state index contributed by atoms with van der Waals surface area (Å²) >= 11 is 12.1. The third-order valence-corrected chi connectivity index (χ3v) is 5.64. The van der Waals surface area contributed by atoms with Gasteiger partial charge < -0.3 is 5.11 Å². The van der Waals surface area contributed by atoms with Crippen LogP contribution in [0.3, 0.4) is 0 Å². The zero-order chi connectivity index (χ0) is 19.8. The Morgan fingerprint density at radius 1 is 1.11 bits per heavy atom. The summed E-state index contributed by atoms with van der Waals surface area (Å²) in [6, 6.07) is 4.94. The molecule has 0 heterocycles. The van der Waals surface area contributed by atoms with Crippen molar-refractivity contribution in [1.29, 1.82) is 0 Å². The molecule has 0 amide bonds. The first-order valence-electron chi connectivity index (χ1n) is 9.31. The fraction of sp³-hybridized carbons (Fsp3) is 0.476. The number of carboxylic acids is 1. The monoisotopic (exact) mass is 410 g/mol. The number of hydrogen-bond acceptors (Lipinski definition) is 3. The van der Waals surface area contributed by atoms with E-state index in [1.807, 2.05) is 6.08 Å². The van der Waals surface area contributed by atoms with Gasteiger partial charge in [0, 0.05) is 18.8 Å². The van der Waals surface area contributed by atoms with Crippen molar-refractivity contribution in [2.75, 3.05) is 0 Å². The van der Waals surface area contributed by atoms with Gasteiger partial charge in [0.05, 0.1) is 15.6 Å². The second-order valence-electron chi connectivity index (χ2n) is 6.94. The second-order valence-corrected chi connectivity index (χ2v) is 7.76. The molecule has 2 unspecified atom stereocenters. The molecule has 0 bridgehead atoms. The summed E-state index contributed by atoms with van der Waals surface area (Å²) in [5.74, 6) is -0.776. The number of rotatable bonds is 10. The molecule has 1 aromatic carbocycles. The molecular weight excluding hydrogens is 387 g/mol. The van der Waals surface area contributed by atoms with Gasteiger partial charge in [-0.25, -0.2) is 0 Å². The Bertz CT molecular complexity index is 707. The van der Waals surface area contributed by atoms with Gasteiger partial charge in [0.25, 0.3) is 0 Å². The number of aliphatic carboxylic acids is 1. The summed E-state index contributed by atoms with van der Waals surface area (Å²) in [5.41, 5.74) is 0.288. The van der Waals surface area contributed by atoms with Crippen molar-refractivity contribution in [2.45, 2.75) is 51.4 Å². The first kappa shape index (κ1) is 21.6. The summed E-state index contributed by atoms with van der Waals surface area (Å²) in [6.07, 6.45) is 8.91. The van der Waals surface area contributed by atoms with Crippen molar-refractivity contribution in [3.63, 3.8) is 0 Å². The second kappa shape index (κ2) is 10.6. The normalized spacial score (nSPS) is 19.7. The number of ketones is 2. The molecule has 146 valence electrons. The van der Waals surface area contributed by atoms with Crippen molar-refractivity contribution in [3.05, 3.63) is 46.0 Å². The number of unbranched alkanes of at least 4 members (excludes halogenated alkanes) is 3. The Kier molecular flexibility index (Phi) is 8.52. The van der Waals surface area contributed by atoms with E-state index in [0.29, 0.717) is 22.9 Å². The summed E-state index contributed by atoms with van der Waals surface area (Å²) in [7, 11) is 0. The van der Waals surface area contributed by atoms with E-state index >= 15 is 0 Å². The lowest BCUT2D eigenvalue weighted by Gasteiger charge is -2.14. The van der Waals surface area contributed by atoms with Gasteiger partial charge in [0.1, 0.15) is 5.78 Å². The topological polar surface area (TPSA) is 71.4 Å². The lowest BCUT2D eigenvalue weighted by atomic mass is 9.89. The van der Waals surface area contributed by atoms with Gasteiger partial charge in [-0.1, -0.05) is 54.6 Å². The lowest BCUT2D eigenvalue weighted by molar-refractivity contribution is -0.137. The van der Waals surface area contributed by atoms with Crippen LogP contribution in [0.15, 0.2) is 30.4 Å². The highest BCUT2D eigenvalue weighted by Crippen LogP contribution is 2.34. The van der Waals surface area contributed by atoms with E-state index in [9.17, 15) is 14.4 Å². The minimum Gasteiger partial charge on any atom is -0.481 e. The molecule has 1 aliphatic carbocycles. The van der Waals surface area contributed by atoms with Crippen molar-refractivity contribution in [2.24, 2.45) is 11.8 Å². The van der Waals surface area contributed by atoms with Gasteiger partial charge in [-0.05, 0) is 43.4 Å². The van der Waals surface area contributed by atoms with Crippen LogP contribution in [0.4, 0.5) is 0 Å². The number of carbonyl (C=O) groups is 3. The molecule has 2 rings (SSSR count). The van der Waals surface area contributed by atoms with Crippen LogP contribution in [0.1, 0.15) is 61.7 Å². The van der Waals surface area contributed by atoms with Crippen molar-refractivity contribution < 1.29 is 19.5 Å². The maximum absolute atomic E-state index is 12.4. The Morgan fingerprint density at radius 2 is 1.78 bits per heavy atom. The number of carboxylic acid groups (broad SMARTS) is 1. The van der Waals surface area contributed by atoms with Gasteiger partial charge in [-0.3, -0.25) is 14.4 Å². The van der Waals surface area contributed by atoms with Gasteiger partial charge in [-0.15, -0.1) is 0 Å². The number of carbonyl (C=O) groups excluding carboxylic acids is 2. The third-order valence-electron chi connectivity index (χ3n) is 5.01. The minimum atomic E-state index is -0.769. The quantitative estimate of drug-likeness (QED) is 0.302. The van der Waals surface area contributed by atoms with E-state index in [0.717, 1.165) is 32.1 Å². The predicted molar refractivity (Wildman–Crippen MR) is 106 cm³/mol. The van der Waals surface area contributed by atoms with E-state index in [1.54, 1.807) is 18.2 Å². The summed E-state index contributed by atoms with van der Waals surface area (Å²) in [4.78, 5) is 35.1. The van der Waals surface area contributed by atoms with Crippen LogP contribution < -0.4 is 0 Å². The van der Waals surface area contributed by atoms with Gasteiger partial charge >= 0.3 is 5.97 Å². The van der Waals surface area contributed by atoms with Gasteiger partial charge in [0.2, 0.25) is 0 Å². The Balaban J connectivity index is 1.88. The largest absolute Gasteiger partial charge is 0.481 e. The van der Waals surface area contributed by atoms with E-state index in [2.05, 4.69) is 0 Å². The van der Waals surface area contributed by atoms with Crippen molar-refractivity contribution in [3.8, 4) is 0 Å². The standard InChI is InChI=1S/C21H24Cl2O4/c22-16-7-5-8-17(23)21(16)19(25)13-11-14-10-12-18(24)15(14)6-3-1-2-4-9-20(26)27/h5,7-8,11,13-15H,1-4,6,9-10,12H2,(H,26,27). The highest BCUT2D eigenvalue weighted by molar-refractivity contribution is 6.40. The number of allylic oxidation sites excluding steroid dienone is 2. The molecule has 0 spiro atoms. The smallest absolute Gasteiger partial charge is 0.303 e. The molecule has 27 heavy (non-hydrogen) atoms. The molecule has 1 saturated carbocycles. The number of Topliss-reactive ketones (excluding diaryl/α,β-unsaturated/α-hetero) is 1. The van der Waals surface area contributed by atoms with Crippen molar-refractivity contribution in [1.82, 2.24) is 0 Å². The van der Waals surface area contributed by atoms with Crippen LogP contribution >= 0.6 is 23.2 Å². The third kappa shape index (κ3) is 6.47. The highest BCUT2D eigenvalue weighted by atomic mass is 35.5. The molecule has 0 aliphatic heterocycles. The first-order valence-corrected chi connectivity index (χ1v) is 10.1. The molecule has 0 radical (unpaired) electrons.